The predicted molar refractivity (Wildman–Crippen MR) is 104 cm³/mol. The molecule has 2 saturated heterocycles. The summed E-state index contributed by atoms with van der Waals surface area (Å²) >= 11 is 0. The van der Waals surface area contributed by atoms with E-state index in [-0.39, 0.29) is 0 Å². The van der Waals surface area contributed by atoms with Crippen molar-refractivity contribution in [2.45, 2.75) is 12.2 Å². The molecule has 4 atom stereocenters. The highest BCUT2D eigenvalue weighted by molar-refractivity contribution is 5.89. The molecule has 0 bridgehead atoms. The van der Waals surface area contributed by atoms with E-state index >= 15 is 0 Å². The largest absolute Gasteiger partial charge is 0.493 e. The lowest BCUT2D eigenvalue weighted by atomic mass is 9.84. The summed E-state index contributed by atoms with van der Waals surface area (Å²) in [6.07, 6.45) is -1.53. The van der Waals surface area contributed by atoms with Gasteiger partial charge in [0.1, 0.15) is 24.0 Å². The first-order chi connectivity index (χ1) is 14.5. The van der Waals surface area contributed by atoms with Gasteiger partial charge in [0.2, 0.25) is 0 Å². The number of methoxy groups -OCH3 is 4. The van der Waals surface area contributed by atoms with Crippen LogP contribution >= 0.6 is 0 Å². The Kier molecular flexibility index (Phi) is 5.15. The van der Waals surface area contributed by atoms with E-state index in [4.69, 9.17) is 28.4 Å². The van der Waals surface area contributed by atoms with Crippen molar-refractivity contribution in [3.63, 3.8) is 0 Å². The number of carbonyl (C=O) groups excluding carboxylic acids is 2. The highest BCUT2D eigenvalue weighted by atomic mass is 16.6. The second-order valence-corrected chi connectivity index (χ2v) is 7.00. The van der Waals surface area contributed by atoms with Crippen LogP contribution in [0.15, 0.2) is 36.4 Å². The van der Waals surface area contributed by atoms with Crippen LogP contribution in [0, 0.1) is 11.8 Å². The molecule has 0 amide bonds. The molecule has 2 unspecified atom stereocenters. The molecule has 8 nitrogen and oxygen atoms in total. The smallest absolute Gasteiger partial charge is 0.314 e. The van der Waals surface area contributed by atoms with Gasteiger partial charge in [-0.2, -0.15) is 0 Å². The summed E-state index contributed by atoms with van der Waals surface area (Å²) in [4.78, 5) is 25.5. The standard InChI is InChI=1S/C22H22O8/c1-25-13-7-5-11(9-15(13)27-3)19-17-18(22(24)29-19)20(30-21(17)23)12-6-8-14(26-2)16(10-12)28-4/h5-10,17-20H,1-4H3/t17?,18?,19-,20-/m0/s1. The number of hydrogen-bond acceptors (Lipinski definition) is 8. The van der Waals surface area contributed by atoms with Gasteiger partial charge in [-0.3, -0.25) is 9.59 Å². The molecule has 8 heteroatoms. The van der Waals surface area contributed by atoms with Gasteiger partial charge in [-0.05, 0) is 35.4 Å². The lowest BCUT2D eigenvalue weighted by Gasteiger charge is -2.17. The quantitative estimate of drug-likeness (QED) is 0.667. The van der Waals surface area contributed by atoms with Crippen LogP contribution in [0.5, 0.6) is 23.0 Å². The summed E-state index contributed by atoms with van der Waals surface area (Å²) in [6.45, 7) is 0. The van der Waals surface area contributed by atoms with E-state index in [0.29, 0.717) is 34.1 Å². The predicted octanol–water partition coefficient (Wildman–Crippen LogP) is 2.85. The van der Waals surface area contributed by atoms with Crippen LogP contribution in [-0.4, -0.2) is 40.4 Å². The van der Waals surface area contributed by atoms with Crippen molar-refractivity contribution in [2.75, 3.05) is 28.4 Å². The van der Waals surface area contributed by atoms with Crippen LogP contribution in [0.1, 0.15) is 23.3 Å². The van der Waals surface area contributed by atoms with Gasteiger partial charge in [-0.1, -0.05) is 12.1 Å². The summed E-state index contributed by atoms with van der Waals surface area (Å²) in [5.41, 5.74) is 1.27. The zero-order valence-electron chi connectivity index (χ0n) is 17.0. The second kappa shape index (κ2) is 7.78. The van der Waals surface area contributed by atoms with Crippen molar-refractivity contribution in [1.82, 2.24) is 0 Å². The molecular formula is C22H22O8. The Labute approximate surface area is 173 Å². The minimum atomic E-state index is -0.764. The Hall–Kier alpha value is -3.42. The van der Waals surface area contributed by atoms with Crippen molar-refractivity contribution < 1.29 is 38.0 Å². The fraction of sp³-hybridized carbons (Fsp3) is 0.364. The van der Waals surface area contributed by atoms with E-state index < -0.39 is 36.0 Å². The first kappa shape index (κ1) is 19.9. The fourth-order valence-corrected chi connectivity index (χ4v) is 4.08. The molecule has 0 N–H and O–H groups in total. The number of cyclic esters (lactones) is 2. The van der Waals surface area contributed by atoms with Crippen LogP contribution in [0.2, 0.25) is 0 Å². The van der Waals surface area contributed by atoms with E-state index in [9.17, 15) is 9.59 Å². The van der Waals surface area contributed by atoms with Crippen LogP contribution < -0.4 is 18.9 Å². The Morgan fingerprint density at radius 2 is 0.967 bits per heavy atom. The van der Waals surface area contributed by atoms with Gasteiger partial charge in [0, 0.05) is 0 Å². The molecule has 30 heavy (non-hydrogen) atoms. The van der Waals surface area contributed by atoms with Gasteiger partial charge in [0.25, 0.3) is 0 Å². The van der Waals surface area contributed by atoms with Crippen LogP contribution in [0.25, 0.3) is 0 Å². The number of carbonyl (C=O) groups is 2. The molecule has 2 aliphatic rings. The number of fused-ring (bicyclic) bond motifs is 1. The molecule has 2 aromatic rings. The normalized spacial score (nSPS) is 24.7. The second-order valence-electron chi connectivity index (χ2n) is 7.00. The van der Waals surface area contributed by atoms with Crippen molar-refractivity contribution in [3.8, 4) is 23.0 Å². The van der Waals surface area contributed by atoms with Crippen molar-refractivity contribution in [3.05, 3.63) is 47.5 Å². The minimum absolute atomic E-state index is 0.481. The SMILES string of the molecule is COc1ccc([C@@H]2OC(=O)C3C2C(=O)O[C@H]3c2ccc(OC)c(OC)c2)cc1OC. The molecule has 158 valence electrons. The number of hydrogen-bond donors (Lipinski definition) is 0. The Balaban J connectivity index is 1.68. The first-order valence-corrected chi connectivity index (χ1v) is 9.37. The summed E-state index contributed by atoms with van der Waals surface area (Å²) < 4.78 is 32.4. The first-order valence-electron chi connectivity index (χ1n) is 9.37. The summed E-state index contributed by atoms with van der Waals surface area (Å²) in [5.74, 6) is -0.425. The molecule has 0 radical (unpaired) electrons. The minimum Gasteiger partial charge on any atom is -0.493 e. The van der Waals surface area contributed by atoms with E-state index in [1.165, 1.54) is 28.4 Å². The fourth-order valence-electron chi connectivity index (χ4n) is 4.08. The van der Waals surface area contributed by atoms with Gasteiger partial charge in [-0.25, -0.2) is 0 Å². The molecule has 4 rings (SSSR count). The molecule has 2 aromatic carbocycles. The maximum absolute atomic E-state index is 12.8. The van der Waals surface area contributed by atoms with Gasteiger partial charge in [0.05, 0.1) is 28.4 Å². The number of esters is 2. The molecular weight excluding hydrogens is 392 g/mol. The number of ether oxygens (including phenoxy) is 6. The maximum Gasteiger partial charge on any atom is 0.314 e. The lowest BCUT2D eigenvalue weighted by molar-refractivity contribution is -0.154. The number of rotatable bonds is 6. The molecule has 2 aliphatic heterocycles. The molecule has 0 saturated carbocycles. The van der Waals surface area contributed by atoms with Gasteiger partial charge < -0.3 is 28.4 Å². The van der Waals surface area contributed by atoms with Crippen molar-refractivity contribution >= 4 is 11.9 Å². The third kappa shape index (κ3) is 3.08. The lowest BCUT2D eigenvalue weighted by Crippen LogP contribution is -2.19. The van der Waals surface area contributed by atoms with Crippen molar-refractivity contribution in [2.24, 2.45) is 11.8 Å². The van der Waals surface area contributed by atoms with Gasteiger partial charge >= 0.3 is 11.9 Å². The zero-order valence-corrected chi connectivity index (χ0v) is 17.0. The summed E-state index contributed by atoms with van der Waals surface area (Å²) in [5, 5.41) is 0. The van der Waals surface area contributed by atoms with E-state index in [1.54, 1.807) is 36.4 Å². The third-order valence-corrected chi connectivity index (χ3v) is 5.54. The Morgan fingerprint density at radius 1 is 0.600 bits per heavy atom. The molecule has 0 aliphatic carbocycles. The molecule has 2 heterocycles. The molecule has 2 fully saturated rings. The Bertz CT molecular complexity index is 906. The van der Waals surface area contributed by atoms with Crippen LogP contribution in [0.4, 0.5) is 0 Å². The van der Waals surface area contributed by atoms with Crippen molar-refractivity contribution in [1.29, 1.82) is 0 Å². The monoisotopic (exact) mass is 414 g/mol. The van der Waals surface area contributed by atoms with E-state index in [1.807, 2.05) is 0 Å². The zero-order chi connectivity index (χ0) is 21.4. The third-order valence-electron chi connectivity index (χ3n) is 5.54. The maximum atomic E-state index is 12.8. The molecule has 0 aromatic heterocycles. The van der Waals surface area contributed by atoms with Gasteiger partial charge in [0.15, 0.2) is 23.0 Å². The average molecular weight is 414 g/mol. The van der Waals surface area contributed by atoms with Crippen LogP contribution in [0.3, 0.4) is 0 Å². The molecule has 0 spiro atoms. The average Bonchev–Trinajstić information content (AvgIpc) is 3.30. The van der Waals surface area contributed by atoms with Gasteiger partial charge in [-0.15, -0.1) is 0 Å². The summed E-state index contributed by atoms with van der Waals surface area (Å²) in [6, 6.07) is 10.3. The summed E-state index contributed by atoms with van der Waals surface area (Å²) in [7, 11) is 6.10. The Morgan fingerprint density at radius 3 is 1.30 bits per heavy atom. The topological polar surface area (TPSA) is 89.5 Å². The van der Waals surface area contributed by atoms with E-state index in [0.717, 1.165) is 0 Å². The highest BCUT2D eigenvalue weighted by Crippen LogP contribution is 2.52. The van der Waals surface area contributed by atoms with Crippen LogP contribution in [-0.2, 0) is 19.1 Å². The van der Waals surface area contributed by atoms with E-state index in [2.05, 4.69) is 0 Å². The number of benzene rings is 2. The highest BCUT2D eigenvalue weighted by Gasteiger charge is 2.60.